The Morgan fingerprint density at radius 2 is 1.70 bits per heavy atom. The van der Waals surface area contributed by atoms with Crippen LogP contribution in [0.25, 0.3) is 16.7 Å². The van der Waals surface area contributed by atoms with Gasteiger partial charge in [0.2, 0.25) is 0 Å². The first kappa shape index (κ1) is 26.8. The van der Waals surface area contributed by atoms with Crippen LogP contribution in [0, 0.1) is 18.6 Å². The first-order valence-corrected chi connectivity index (χ1v) is 11.8. The SMILES string of the molecule is COc1ccc(Cn2c3cc(=O)n(Cc4cccc(C(F)(F)F)n4)c(C)c3c(=O)n2-c2ncc(F)cc2F)cc1. The molecule has 0 aliphatic rings. The molecule has 0 fully saturated rings. The Balaban J connectivity index is 1.72. The van der Waals surface area contributed by atoms with Gasteiger partial charge in [0, 0.05) is 17.8 Å². The van der Waals surface area contributed by atoms with Gasteiger partial charge in [-0.3, -0.25) is 14.3 Å². The smallest absolute Gasteiger partial charge is 0.433 e. The van der Waals surface area contributed by atoms with E-state index in [0.717, 1.165) is 27.6 Å². The van der Waals surface area contributed by atoms with Crippen molar-refractivity contribution in [3.8, 4) is 11.6 Å². The molecule has 0 bridgehead atoms. The molecule has 0 amide bonds. The van der Waals surface area contributed by atoms with E-state index in [9.17, 15) is 31.5 Å². The summed E-state index contributed by atoms with van der Waals surface area (Å²) in [5.41, 5.74) is -1.66. The predicted octanol–water partition coefficient (Wildman–Crippen LogP) is 4.45. The third kappa shape index (κ3) is 4.85. The highest BCUT2D eigenvalue weighted by molar-refractivity contribution is 5.81. The van der Waals surface area contributed by atoms with Crippen molar-refractivity contribution < 1.29 is 26.7 Å². The van der Waals surface area contributed by atoms with Gasteiger partial charge in [0.15, 0.2) is 11.6 Å². The van der Waals surface area contributed by atoms with Crippen molar-refractivity contribution in [1.29, 1.82) is 0 Å². The Kier molecular flexibility index (Phi) is 6.74. The van der Waals surface area contributed by atoms with Crippen LogP contribution in [0.1, 0.15) is 22.6 Å². The molecule has 0 atom stereocenters. The Labute approximate surface area is 222 Å². The molecule has 5 aromatic rings. The highest BCUT2D eigenvalue weighted by Crippen LogP contribution is 2.28. The van der Waals surface area contributed by atoms with E-state index in [2.05, 4.69) is 9.97 Å². The maximum absolute atomic E-state index is 14.9. The van der Waals surface area contributed by atoms with Crippen molar-refractivity contribution in [2.24, 2.45) is 0 Å². The second kappa shape index (κ2) is 10.1. The molecule has 0 aliphatic heterocycles. The molecule has 8 nitrogen and oxygen atoms in total. The number of hydrogen-bond donors (Lipinski definition) is 0. The molecule has 0 unspecified atom stereocenters. The molecule has 0 aliphatic carbocycles. The van der Waals surface area contributed by atoms with E-state index in [4.69, 9.17) is 4.74 Å². The van der Waals surface area contributed by atoms with E-state index in [1.54, 1.807) is 24.3 Å². The van der Waals surface area contributed by atoms with E-state index >= 15 is 0 Å². The van der Waals surface area contributed by atoms with E-state index in [-0.39, 0.29) is 35.4 Å². The molecule has 206 valence electrons. The molecule has 4 aromatic heterocycles. The summed E-state index contributed by atoms with van der Waals surface area (Å²) in [5.74, 6) is -1.97. The lowest BCUT2D eigenvalue weighted by Gasteiger charge is -2.14. The number of aryl methyl sites for hydroxylation is 1. The summed E-state index contributed by atoms with van der Waals surface area (Å²) in [7, 11) is 1.50. The molecule has 40 heavy (non-hydrogen) atoms. The first-order chi connectivity index (χ1) is 19.0. The number of nitrogens with zero attached hydrogens (tertiary/aromatic N) is 5. The summed E-state index contributed by atoms with van der Waals surface area (Å²) in [6.45, 7) is 1.09. The van der Waals surface area contributed by atoms with Gasteiger partial charge < -0.3 is 9.30 Å². The van der Waals surface area contributed by atoms with Gasteiger partial charge in [-0.2, -0.15) is 17.9 Å². The molecule has 0 N–H and O–H groups in total. The van der Waals surface area contributed by atoms with Crippen LogP contribution in [0.4, 0.5) is 22.0 Å². The third-order valence-electron chi connectivity index (χ3n) is 6.37. The Bertz CT molecular complexity index is 1860. The maximum Gasteiger partial charge on any atom is 0.433 e. The Morgan fingerprint density at radius 1 is 0.975 bits per heavy atom. The normalized spacial score (nSPS) is 11.8. The number of hydrogen-bond acceptors (Lipinski definition) is 5. The molecule has 0 saturated heterocycles. The standard InChI is InChI=1S/C27H20F5N5O3/c1-15-24-21(11-23(38)35(15)14-18-4-3-5-22(34-18)27(30,31)32)36(13-16-6-8-19(40-2)9-7-16)37(26(24)39)25-20(29)10-17(28)12-33-25/h3-12H,13-14H2,1-2H3. The molecule has 0 spiro atoms. The first-order valence-electron chi connectivity index (χ1n) is 11.8. The zero-order valence-corrected chi connectivity index (χ0v) is 21.0. The lowest BCUT2D eigenvalue weighted by Crippen LogP contribution is -2.25. The topological polar surface area (TPSA) is 83.9 Å². The number of methoxy groups -OCH3 is 1. The van der Waals surface area contributed by atoms with Gasteiger partial charge in [-0.15, -0.1) is 0 Å². The largest absolute Gasteiger partial charge is 0.497 e. The second-order valence-corrected chi connectivity index (χ2v) is 8.91. The summed E-state index contributed by atoms with van der Waals surface area (Å²) in [6.07, 6.45) is -3.93. The van der Waals surface area contributed by atoms with Gasteiger partial charge in [0.05, 0.1) is 43.0 Å². The molecule has 13 heteroatoms. The average Bonchev–Trinajstić information content (AvgIpc) is 3.17. The van der Waals surface area contributed by atoms with Crippen molar-refractivity contribution in [1.82, 2.24) is 23.9 Å². The van der Waals surface area contributed by atoms with Crippen molar-refractivity contribution in [2.45, 2.75) is 26.2 Å². The summed E-state index contributed by atoms with van der Waals surface area (Å²) < 4.78 is 76.5. The number of aromatic nitrogens is 5. The third-order valence-corrected chi connectivity index (χ3v) is 6.37. The van der Waals surface area contributed by atoms with Crippen molar-refractivity contribution in [3.63, 3.8) is 0 Å². The van der Waals surface area contributed by atoms with E-state index in [1.165, 1.54) is 30.8 Å². The lowest BCUT2D eigenvalue weighted by atomic mass is 10.2. The quantitative estimate of drug-likeness (QED) is 0.288. The summed E-state index contributed by atoms with van der Waals surface area (Å²) in [6, 6.07) is 11.8. The fraction of sp³-hybridized carbons (Fsp3) is 0.185. The fourth-order valence-corrected chi connectivity index (χ4v) is 4.46. The molecule has 0 saturated carbocycles. The van der Waals surface area contributed by atoms with Crippen LogP contribution >= 0.6 is 0 Å². The minimum absolute atomic E-state index is 0.00520. The number of benzene rings is 1. The molecule has 1 aromatic carbocycles. The minimum Gasteiger partial charge on any atom is -0.497 e. The molecular weight excluding hydrogens is 537 g/mol. The zero-order chi connectivity index (χ0) is 28.8. The van der Waals surface area contributed by atoms with Crippen LogP contribution in [0.5, 0.6) is 5.75 Å². The summed E-state index contributed by atoms with van der Waals surface area (Å²) >= 11 is 0. The number of alkyl halides is 3. The highest BCUT2D eigenvalue weighted by atomic mass is 19.4. The van der Waals surface area contributed by atoms with E-state index < -0.39 is 40.4 Å². The van der Waals surface area contributed by atoms with Crippen LogP contribution < -0.4 is 15.9 Å². The van der Waals surface area contributed by atoms with Crippen LogP contribution in [0.3, 0.4) is 0 Å². The number of rotatable bonds is 6. The lowest BCUT2D eigenvalue weighted by molar-refractivity contribution is -0.141. The number of ether oxygens (including phenoxy) is 1. The van der Waals surface area contributed by atoms with Crippen molar-refractivity contribution in [2.75, 3.05) is 7.11 Å². The van der Waals surface area contributed by atoms with Crippen molar-refractivity contribution in [3.05, 3.63) is 116 Å². The zero-order valence-electron chi connectivity index (χ0n) is 21.0. The molecule has 5 rings (SSSR count). The maximum atomic E-state index is 14.9. The molecular formula is C27H20F5N5O3. The van der Waals surface area contributed by atoms with Crippen LogP contribution in [0.15, 0.2) is 70.4 Å². The number of pyridine rings is 3. The monoisotopic (exact) mass is 557 g/mol. The Hall–Kier alpha value is -4.81. The molecule has 0 radical (unpaired) electrons. The fourth-order valence-electron chi connectivity index (χ4n) is 4.46. The summed E-state index contributed by atoms with van der Waals surface area (Å²) in [5, 5.41) is 0.00520. The number of fused-ring (bicyclic) bond motifs is 1. The van der Waals surface area contributed by atoms with Gasteiger partial charge in [-0.05, 0) is 36.8 Å². The van der Waals surface area contributed by atoms with Gasteiger partial charge in [0.25, 0.3) is 11.1 Å². The van der Waals surface area contributed by atoms with Gasteiger partial charge >= 0.3 is 6.18 Å². The minimum atomic E-state index is -4.68. The van der Waals surface area contributed by atoms with Gasteiger partial charge in [-0.1, -0.05) is 18.2 Å². The van der Waals surface area contributed by atoms with Gasteiger partial charge in [0.1, 0.15) is 17.3 Å². The highest BCUT2D eigenvalue weighted by Gasteiger charge is 2.32. The van der Waals surface area contributed by atoms with E-state index in [0.29, 0.717) is 17.4 Å². The van der Waals surface area contributed by atoms with Gasteiger partial charge in [-0.25, -0.2) is 18.7 Å². The Morgan fingerprint density at radius 3 is 2.35 bits per heavy atom. The number of halogens is 5. The van der Waals surface area contributed by atoms with Crippen LogP contribution in [-0.4, -0.2) is 31.0 Å². The van der Waals surface area contributed by atoms with E-state index in [1.807, 2.05) is 0 Å². The van der Waals surface area contributed by atoms with Crippen LogP contribution in [-0.2, 0) is 19.3 Å². The molecule has 4 heterocycles. The average molecular weight is 557 g/mol. The van der Waals surface area contributed by atoms with Crippen LogP contribution in [0.2, 0.25) is 0 Å². The summed E-state index contributed by atoms with van der Waals surface area (Å²) in [4.78, 5) is 34.4. The van der Waals surface area contributed by atoms with Crippen molar-refractivity contribution >= 4 is 10.9 Å². The predicted molar refractivity (Wildman–Crippen MR) is 135 cm³/mol. The second-order valence-electron chi connectivity index (χ2n) is 8.91.